The van der Waals surface area contributed by atoms with Gasteiger partial charge in [-0.2, -0.15) is 8.42 Å². The van der Waals surface area contributed by atoms with E-state index in [2.05, 4.69) is 5.32 Å². The smallest absolute Gasteiger partial charge is 0.317 e. The first-order valence-electron chi connectivity index (χ1n) is 7.84. The number of nitrogens with zero attached hydrogens (tertiary/aromatic N) is 1. The quantitative estimate of drug-likeness (QED) is 0.682. The van der Waals surface area contributed by atoms with Gasteiger partial charge in [0.2, 0.25) is 0 Å². The minimum atomic E-state index is -3.61. The van der Waals surface area contributed by atoms with E-state index in [0.29, 0.717) is 26.2 Å². The Labute approximate surface area is 144 Å². The number of carbonyl (C=O) groups excluding carboxylic acids is 1. The number of nitrogens with one attached hydrogen (secondary N) is 1. The maximum Gasteiger partial charge on any atom is 0.317 e. The number of urea groups is 1. The summed E-state index contributed by atoms with van der Waals surface area (Å²) in [5, 5.41) is 2.15. The van der Waals surface area contributed by atoms with Crippen LogP contribution in [0.2, 0.25) is 0 Å². The van der Waals surface area contributed by atoms with Gasteiger partial charge in [0.25, 0.3) is 0 Å². The highest BCUT2D eigenvalue weighted by Crippen LogP contribution is 2.17. The van der Waals surface area contributed by atoms with Crippen molar-refractivity contribution in [2.75, 3.05) is 26.8 Å². The van der Waals surface area contributed by atoms with Crippen LogP contribution in [0.25, 0.3) is 0 Å². The summed E-state index contributed by atoms with van der Waals surface area (Å²) in [5.41, 5.74) is 0.867. The minimum Gasteiger partial charge on any atom is -0.383 e. The molecule has 1 N–H and O–H groups in total. The third-order valence-corrected chi connectivity index (χ3v) is 4.85. The summed E-state index contributed by atoms with van der Waals surface area (Å²) >= 11 is 0. The molecule has 0 heterocycles. The van der Waals surface area contributed by atoms with Gasteiger partial charge in [0.1, 0.15) is 5.75 Å². The first kappa shape index (κ1) is 20.2. The standard InChI is InChI=1S/C16H26N2O5S/c1-5-17-16(19)18(10-11-22-4)12-14-6-8-15(9-7-14)23-24(20,21)13(2)3/h6-9,13H,5,10-12H2,1-4H3,(H,17,19). The summed E-state index contributed by atoms with van der Waals surface area (Å²) in [7, 11) is -2.03. The Morgan fingerprint density at radius 3 is 2.38 bits per heavy atom. The number of amides is 2. The zero-order valence-electron chi connectivity index (χ0n) is 14.6. The molecule has 0 spiro atoms. The van der Waals surface area contributed by atoms with Gasteiger partial charge in [0.05, 0.1) is 11.9 Å². The Balaban J connectivity index is 2.77. The van der Waals surface area contributed by atoms with E-state index in [0.717, 1.165) is 5.56 Å². The molecule has 0 aromatic heterocycles. The second kappa shape index (κ2) is 9.48. The average Bonchev–Trinajstić information content (AvgIpc) is 2.52. The molecular weight excluding hydrogens is 332 g/mol. The Morgan fingerprint density at radius 1 is 1.25 bits per heavy atom. The molecule has 0 unspecified atom stereocenters. The Kier molecular flexibility index (Phi) is 8.00. The second-order valence-electron chi connectivity index (χ2n) is 5.52. The zero-order valence-corrected chi connectivity index (χ0v) is 15.4. The zero-order chi connectivity index (χ0) is 18.2. The molecule has 0 aliphatic heterocycles. The largest absolute Gasteiger partial charge is 0.383 e. The summed E-state index contributed by atoms with van der Waals surface area (Å²) in [4.78, 5) is 13.7. The highest BCUT2D eigenvalue weighted by molar-refractivity contribution is 7.87. The molecule has 1 aromatic carbocycles. The third kappa shape index (κ3) is 6.37. The molecule has 0 saturated carbocycles. The first-order valence-corrected chi connectivity index (χ1v) is 9.31. The van der Waals surface area contributed by atoms with E-state index >= 15 is 0 Å². The highest BCUT2D eigenvalue weighted by Gasteiger charge is 2.18. The lowest BCUT2D eigenvalue weighted by Crippen LogP contribution is -2.41. The molecule has 24 heavy (non-hydrogen) atoms. The molecule has 0 aliphatic carbocycles. The highest BCUT2D eigenvalue weighted by atomic mass is 32.2. The van der Waals surface area contributed by atoms with Gasteiger partial charge in [-0.3, -0.25) is 0 Å². The number of hydrogen-bond donors (Lipinski definition) is 1. The second-order valence-corrected chi connectivity index (χ2v) is 7.61. The predicted molar refractivity (Wildman–Crippen MR) is 92.5 cm³/mol. The fourth-order valence-corrected chi connectivity index (χ4v) is 2.39. The van der Waals surface area contributed by atoms with Crippen LogP contribution in [0.4, 0.5) is 4.79 Å². The van der Waals surface area contributed by atoms with E-state index in [4.69, 9.17) is 8.92 Å². The van der Waals surface area contributed by atoms with E-state index in [1.165, 1.54) is 0 Å². The van der Waals surface area contributed by atoms with Gasteiger partial charge in [-0.25, -0.2) is 4.79 Å². The lowest BCUT2D eigenvalue weighted by molar-refractivity contribution is 0.147. The monoisotopic (exact) mass is 358 g/mol. The van der Waals surface area contributed by atoms with E-state index in [1.54, 1.807) is 50.1 Å². The number of rotatable bonds is 9. The molecule has 0 atom stereocenters. The number of benzene rings is 1. The van der Waals surface area contributed by atoms with Crippen LogP contribution in [0, 0.1) is 0 Å². The number of carbonyl (C=O) groups is 1. The molecule has 0 fully saturated rings. The molecule has 136 valence electrons. The molecule has 7 nitrogen and oxygen atoms in total. The maximum atomic E-state index is 12.0. The van der Waals surface area contributed by atoms with E-state index in [1.807, 2.05) is 6.92 Å². The van der Waals surface area contributed by atoms with Gasteiger partial charge in [-0.15, -0.1) is 0 Å². The van der Waals surface area contributed by atoms with Crippen molar-refractivity contribution in [3.63, 3.8) is 0 Å². The SMILES string of the molecule is CCNC(=O)N(CCOC)Cc1ccc(OS(=O)(=O)C(C)C)cc1. The fourth-order valence-electron chi connectivity index (χ4n) is 1.82. The van der Waals surface area contributed by atoms with Crippen molar-refractivity contribution in [1.82, 2.24) is 10.2 Å². The summed E-state index contributed by atoms with van der Waals surface area (Å²) in [6.45, 7) is 6.81. The van der Waals surface area contributed by atoms with Crippen molar-refractivity contribution in [3.8, 4) is 5.75 Å². The van der Waals surface area contributed by atoms with E-state index in [-0.39, 0.29) is 11.8 Å². The molecule has 0 aliphatic rings. The predicted octanol–water partition coefficient (Wildman–Crippen LogP) is 1.98. The van der Waals surface area contributed by atoms with Gasteiger partial charge < -0.3 is 19.1 Å². The van der Waals surface area contributed by atoms with Crippen LogP contribution in [0.5, 0.6) is 5.75 Å². The fraction of sp³-hybridized carbons (Fsp3) is 0.562. The van der Waals surface area contributed by atoms with Crippen LogP contribution >= 0.6 is 0 Å². The third-order valence-electron chi connectivity index (χ3n) is 3.27. The number of methoxy groups -OCH3 is 1. The molecule has 8 heteroatoms. The summed E-state index contributed by atoms with van der Waals surface area (Å²) in [6, 6.07) is 6.48. The number of ether oxygens (including phenoxy) is 1. The van der Waals surface area contributed by atoms with Crippen LogP contribution in [-0.4, -0.2) is 51.4 Å². The Bertz CT molecular complexity index is 614. The summed E-state index contributed by atoms with van der Waals surface area (Å²) in [6.07, 6.45) is 0. The van der Waals surface area contributed by atoms with E-state index < -0.39 is 15.4 Å². The molecule has 1 aromatic rings. The first-order chi connectivity index (χ1) is 11.3. The van der Waals surface area contributed by atoms with Crippen LogP contribution in [0.1, 0.15) is 26.3 Å². The van der Waals surface area contributed by atoms with Crippen molar-refractivity contribution in [2.45, 2.75) is 32.6 Å². The van der Waals surface area contributed by atoms with Crippen LogP contribution in [0.15, 0.2) is 24.3 Å². The van der Waals surface area contributed by atoms with Gasteiger partial charge in [0.15, 0.2) is 0 Å². The van der Waals surface area contributed by atoms with Gasteiger partial charge in [-0.1, -0.05) is 12.1 Å². The van der Waals surface area contributed by atoms with Crippen molar-refractivity contribution in [1.29, 1.82) is 0 Å². The van der Waals surface area contributed by atoms with Gasteiger partial charge in [-0.05, 0) is 38.5 Å². The van der Waals surface area contributed by atoms with Crippen molar-refractivity contribution >= 4 is 16.1 Å². The lowest BCUT2D eigenvalue weighted by atomic mass is 10.2. The number of hydrogen-bond acceptors (Lipinski definition) is 5. The molecule has 0 saturated heterocycles. The van der Waals surface area contributed by atoms with Crippen molar-refractivity contribution < 1.29 is 22.1 Å². The summed E-state index contributed by atoms with van der Waals surface area (Å²) < 4.78 is 33.5. The normalized spacial score (nSPS) is 11.4. The molecule has 1 rings (SSSR count). The van der Waals surface area contributed by atoms with E-state index in [9.17, 15) is 13.2 Å². The molecular formula is C16H26N2O5S. The van der Waals surface area contributed by atoms with Crippen LogP contribution in [-0.2, 0) is 21.4 Å². The maximum absolute atomic E-state index is 12.0. The van der Waals surface area contributed by atoms with Crippen molar-refractivity contribution in [2.24, 2.45) is 0 Å². The Morgan fingerprint density at radius 2 is 1.88 bits per heavy atom. The van der Waals surface area contributed by atoms with Crippen LogP contribution in [0.3, 0.4) is 0 Å². The van der Waals surface area contributed by atoms with Crippen molar-refractivity contribution in [3.05, 3.63) is 29.8 Å². The summed E-state index contributed by atoms with van der Waals surface area (Å²) in [5.74, 6) is 0.258. The molecule has 0 radical (unpaired) electrons. The average molecular weight is 358 g/mol. The Hall–Kier alpha value is -1.80. The van der Waals surface area contributed by atoms with Gasteiger partial charge in [0, 0.05) is 26.7 Å². The molecule has 0 bridgehead atoms. The lowest BCUT2D eigenvalue weighted by Gasteiger charge is -2.22. The van der Waals surface area contributed by atoms with Crippen LogP contribution < -0.4 is 9.50 Å². The minimum absolute atomic E-state index is 0.169. The molecule has 2 amide bonds. The topological polar surface area (TPSA) is 84.9 Å². The van der Waals surface area contributed by atoms with Gasteiger partial charge >= 0.3 is 16.1 Å².